The van der Waals surface area contributed by atoms with E-state index in [4.69, 9.17) is 44.5 Å². The normalized spacial score (nSPS) is 16.1. The maximum absolute atomic E-state index is 14.3. The summed E-state index contributed by atoms with van der Waals surface area (Å²) in [6.07, 6.45) is 2.80. The molecular formula is C47H80N16O12. The summed E-state index contributed by atoms with van der Waals surface area (Å²) in [7, 11) is 1.45. The van der Waals surface area contributed by atoms with E-state index in [0.717, 1.165) is 0 Å². The molecule has 1 aromatic rings. The SMILES string of the molecule is COc1cccc(C[C@H](NC(=O)[C@@H]2CCCN2C(=O)[C@@H](CCCN)NC(=O)CNC(=O)[C@H](C)NC(=O)[C@@H](NC(=O)[C@@H](N)CCCCN)[C@@H](O)CN)C(=O)N[C@@H](CCCCN)C(=O)N/C(=C\CCNC(=N)N)C(=O)O)c1. The number of unbranched alkanes of at least 4 members (excludes halogenated alkanes) is 2. The molecular weight excluding hydrogens is 981 g/mol. The lowest BCUT2D eigenvalue weighted by molar-refractivity contribution is -0.142. The van der Waals surface area contributed by atoms with Crippen molar-refractivity contribution in [1.29, 1.82) is 5.41 Å². The van der Waals surface area contributed by atoms with Crippen LogP contribution < -0.4 is 81.7 Å². The van der Waals surface area contributed by atoms with Gasteiger partial charge in [0.15, 0.2) is 5.96 Å². The number of nitrogens with zero attached hydrogens (tertiary/aromatic N) is 1. The van der Waals surface area contributed by atoms with Gasteiger partial charge in [-0.1, -0.05) is 24.6 Å². The number of hydrogen-bond acceptors (Lipinski definition) is 17. The van der Waals surface area contributed by atoms with Gasteiger partial charge < -0.3 is 96.8 Å². The molecule has 0 aliphatic carbocycles. The summed E-state index contributed by atoms with van der Waals surface area (Å²) < 4.78 is 5.36. The number of ether oxygens (including phenoxy) is 1. The first kappa shape index (κ1) is 64.1. The Labute approximate surface area is 436 Å². The Morgan fingerprint density at radius 1 is 0.800 bits per heavy atom. The predicted molar refractivity (Wildman–Crippen MR) is 275 cm³/mol. The van der Waals surface area contributed by atoms with Gasteiger partial charge in [0.05, 0.1) is 25.8 Å². The van der Waals surface area contributed by atoms with Crippen LogP contribution in [-0.4, -0.2) is 176 Å². The van der Waals surface area contributed by atoms with E-state index in [-0.39, 0.29) is 77.1 Å². The Morgan fingerprint density at radius 3 is 2.09 bits per heavy atom. The number of carbonyl (C=O) groups is 9. The molecule has 28 heteroatoms. The van der Waals surface area contributed by atoms with Crippen molar-refractivity contribution in [2.24, 2.45) is 34.4 Å². The third kappa shape index (κ3) is 23.0. The zero-order valence-corrected chi connectivity index (χ0v) is 42.8. The molecule has 0 bridgehead atoms. The number of aliphatic carboxylic acids is 1. The minimum Gasteiger partial charge on any atom is -0.497 e. The van der Waals surface area contributed by atoms with Crippen molar-refractivity contribution in [3.05, 3.63) is 41.6 Å². The van der Waals surface area contributed by atoms with E-state index in [1.807, 2.05) is 0 Å². The van der Waals surface area contributed by atoms with Crippen LogP contribution in [0, 0.1) is 5.41 Å². The summed E-state index contributed by atoms with van der Waals surface area (Å²) in [4.78, 5) is 122. The fourth-order valence-corrected chi connectivity index (χ4v) is 7.77. The van der Waals surface area contributed by atoms with Crippen LogP contribution in [0.25, 0.3) is 0 Å². The highest BCUT2D eigenvalue weighted by Gasteiger charge is 2.39. The molecule has 23 N–H and O–H groups in total. The number of carboxylic acid groups (broad SMARTS) is 1. The molecule has 75 heavy (non-hydrogen) atoms. The van der Waals surface area contributed by atoms with Gasteiger partial charge in [0.2, 0.25) is 47.3 Å². The number of methoxy groups -OCH3 is 1. The molecule has 1 aliphatic heterocycles. The molecule has 0 saturated carbocycles. The number of rotatable bonds is 35. The van der Waals surface area contributed by atoms with Gasteiger partial charge in [0.1, 0.15) is 47.7 Å². The lowest BCUT2D eigenvalue weighted by Gasteiger charge is -2.30. The molecule has 28 nitrogen and oxygen atoms in total. The first-order chi connectivity index (χ1) is 35.7. The van der Waals surface area contributed by atoms with Gasteiger partial charge in [-0.05, 0) is 108 Å². The molecule has 1 saturated heterocycles. The third-order valence-corrected chi connectivity index (χ3v) is 11.9. The second kappa shape index (κ2) is 34.5. The van der Waals surface area contributed by atoms with E-state index >= 15 is 0 Å². The smallest absolute Gasteiger partial charge is 0.352 e. The van der Waals surface area contributed by atoms with Crippen molar-refractivity contribution in [1.82, 2.24) is 47.4 Å². The highest BCUT2D eigenvalue weighted by Crippen LogP contribution is 2.21. The maximum Gasteiger partial charge on any atom is 0.352 e. The van der Waals surface area contributed by atoms with E-state index in [1.54, 1.807) is 24.3 Å². The summed E-state index contributed by atoms with van der Waals surface area (Å²) >= 11 is 0. The Hall–Kier alpha value is -6.98. The number of amides is 8. The van der Waals surface area contributed by atoms with Crippen LogP contribution in [0.5, 0.6) is 5.75 Å². The Balaban J connectivity index is 2.27. The highest BCUT2D eigenvalue weighted by molar-refractivity contribution is 5.99. The molecule has 0 radical (unpaired) electrons. The molecule has 8 atom stereocenters. The van der Waals surface area contributed by atoms with Crippen LogP contribution in [-0.2, 0) is 49.6 Å². The van der Waals surface area contributed by atoms with Gasteiger partial charge in [-0.25, -0.2) is 4.79 Å². The van der Waals surface area contributed by atoms with Crippen molar-refractivity contribution in [2.45, 2.75) is 132 Å². The number of aliphatic hydroxyl groups is 1. The lowest BCUT2D eigenvalue weighted by Crippen LogP contribution is -2.60. The van der Waals surface area contributed by atoms with E-state index in [1.165, 1.54) is 25.0 Å². The first-order valence-electron chi connectivity index (χ1n) is 25.0. The fraction of sp³-hybridized carbons (Fsp3) is 0.617. The number of likely N-dealkylation sites (tertiary alicyclic amines) is 1. The van der Waals surface area contributed by atoms with Crippen molar-refractivity contribution in [3.63, 3.8) is 0 Å². The van der Waals surface area contributed by atoms with E-state index in [9.17, 15) is 53.4 Å². The molecule has 0 unspecified atom stereocenters. The largest absolute Gasteiger partial charge is 0.497 e. The molecule has 420 valence electrons. The number of nitrogens with one attached hydrogen (secondary N) is 9. The van der Waals surface area contributed by atoms with Gasteiger partial charge >= 0.3 is 5.97 Å². The topological polar surface area (TPSA) is 483 Å². The minimum absolute atomic E-state index is 0.0434. The van der Waals surface area contributed by atoms with E-state index in [2.05, 4.69) is 42.5 Å². The number of carboxylic acids is 1. The van der Waals surface area contributed by atoms with Crippen LogP contribution in [0.1, 0.15) is 83.1 Å². The summed E-state index contributed by atoms with van der Waals surface area (Å²) in [5.74, 6) is -7.68. The van der Waals surface area contributed by atoms with Crippen LogP contribution in [0.15, 0.2) is 36.0 Å². The average Bonchev–Trinajstić information content (AvgIpc) is 3.88. The number of nitrogens with two attached hydrogens (primary N) is 6. The number of carbonyl (C=O) groups excluding carboxylic acids is 8. The summed E-state index contributed by atoms with van der Waals surface area (Å²) in [5.41, 5.74) is 33.8. The molecule has 1 fully saturated rings. The van der Waals surface area contributed by atoms with Crippen LogP contribution in [0.4, 0.5) is 0 Å². The van der Waals surface area contributed by atoms with Crippen molar-refractivity contribution >= 4 is 59.2 Å². The number of benzene rings is 1. The zero-order valence-electron chi connectivity index (χ0n) is 42.8. The lowest BCUT2D eigenvalue weighted by atomic mass is 10.0. The van der Waals surface area contributed by atoms with Gasteiger partial charge in [0.25, 0.3) is 0 Å². The molecule has 0 aromatic heterocycles. The number of guanidine groups is 1. The van der Waals surface area contributed by atoms with Gasteiger partial charge in [-0.2, -0.15) is 0 Å². The first-order valence-corrected chi connectivity index (χ1v) is 25.0. The molecule has 1 heterocycles. The Bertz CT molecular complexity index is 2110. The summed E-state index contributed by atoms with van der Waals surface area (Å²) in [6, 6.07) is -2.16. The van der Waals surface area contributed by atoms with Gasteiger partial charge in [-0.15, -0.1) is 0 Å². The Morgan fingerprint density at radius 2 is 1.47 bits per heavy atom. The standard InChI is InChI=1S/C47H80N16O12/c1-27(57-44(71)38(36(64)25-51)62-40(67)30(52)13-3-5-18-48)39(66)56-26-37(65)58-32(15-8-20-50)45(72)63-22-10-17-35(63)43(70)61-34(24-28-11-7-12-29(23-28)75-2)42(69)59-31(14-4-6-19-49)41(68)60-33(46(73)74)16-9-21-55-47(53)54/h7,11-12,16,23,27,30-32,34-36,38,64H,3-6,8-10,13-15,17-22,24-26,48-52H2,1-2H3,(H,56,66)(H,57,71)(H,58,65)(H,59,69)(H,60,68)(H,61,70)(H,62,67)(H,73,74)(H4,53,54,55)/b33-16-/t27-,30-,31-,32+,34-,35-,36-,38-/m0/s1. The van der Waals surface area contributed by atoms with Gasteiger partial charge in [-0.3, -0.25) is 43.8 Å². The molecule has 2 rings (SSSR count). The number of hydrogen-bond donors (Lipinski definition) is 17. The van der Waals surface area contributed by atoms with Crippen molar-refractivity contribution < 1.29 is 58.1 Å². The monoisotopic (exact) mass is 1060 g/mol. The average molecular weight is 1060 g/mol. The predicted octanol–water partition coefficient (Wildman–Crippen LogP) is -5.61. The third-order valence-electron chi connectivity index (χ3n) is 11.9. The van der Waals surface area contributed by atoms with Crippen LogP contribution in [0.2, 0.25) is 0 Å². The van der Waals surface area contributed by atoms with Gasteiger partial charge in [0, 0.05) is 26.1 Å². The fourth-order valence-electron chi connectivity index (χ4n) is 7.77. The quantitative estimate of drug-likeness (QED) is 0.0130. The van der Waals surface area contributed by atoms with E-state index < -0.39 is 120 Å². The second-order valence-corrected chi connectivity index (χ2v) is 17.9. The highest BCUT2D eigenvalue weighted by atomic mass is 16.5. The molecule has 1 aromatic carbocycles. The molecule has 8 amide bonds. The van der Waals surface area contributed by atoms with E-state index in [0.29, 0.717) is 50.0 Å². The van der Waals surface area contributed by atoms with Crippen molar-refractivity contribution in [3.8, 4) is 5.75 Å². The van der Waals surface area contributed by atoms with Crippen molar-refractivity contribution in [2.75, 3.05) is 52.9 Å². The van der Waals surface area contributed by atoms with Crippen LogP contribution >= 0.6 is 0 Å². The zero-order chi connectivity index (χ0) is 56.0. The number of aliphatic hydroxyl groups excluding tert-OH is 1. The molecule has 0 spiro atoms. The molecule has 1 aliphatic rings. The summed E-state index contributed by atoms with van der Waals surface area (Å²) in [5, 5.41) is 47.5. The maximum atomic E-state index is 14.3. The van der Waals surface area contributed by atoms with Crippen LogP contribution in [0.3, 0.4) is 0 Å². The second-order valence-electron chi connectivity index (χ2n) is 17.9. The minimum atomic E-state index is -1.57. The Kier molecular flexibility index (Phi) is 29.5. The summed E-state index contributed by atoms with van der Waals surface area (Å²) in [6.45, 7) is 1.22.